The minimum absolute atomic E-state index is 0.267. The van der Waals surface area contributed by atoms with Gasteiger partial charge in [-0.05, 0) is 30.2 Å². The summed E-state index contributed by atoms with van der Waals surface area (Å²) in [5.41, 5.74) is 2.63. The van der Waals surface area contributed by atoms with Crippen molar-refractivity contribution >= 4 is 11.6 Å². The SMILES string of the molecule is CCOCCOCCN1CCN(C(c2ccccc2)c2ccc(Cl)cc2)CC1. The predicted molar refractivity (Wildman–Crippen MR) is 115 cm³/mol. The summed E-state index contributed by atoms with van der Waals surface area (Å²) < 4.78 is 11.0. The lowest BCUT2D eigenvalue weighted by molar-refractivity contribution is 0.0325. The molecule has 0 bridgehead atoms. The van der Waals surface area contributed by atoms with Crippen molar-refractivity contribution in [2.45, 2.75) is 13.0 Å². The number of benzene rings is 2. The van der Waals surface area contributed by atoms with Crippen LogP contribution in [0.3, 0.4) is 0 Å². The Balaban J connectivity index is 1.55. The lowest BCUT2D eigenvalue weighted by Crippen LogP contribution is -2.48. The number of piperazine rings is 1. The van der Waals surface area contributed by atoms with Gasteiger partial charge in [-0.15, -0.1) is 0 Å². The smallest absolute Gasteiger partial charge is 0.0701 e. The summed E-state index contributed by atoms with van der Waals surface area (Å²) in [4.78, 5) is 5.06. The van der Waals surface area contributed by atoms with Gasteiger partial charge in [0, 0.05) is 44.4 Å². The van der Waals surface area contributed by atoms with Gasteiger partial charge in [-0.2, -0.15) is 0 Å². The molecule has 0 radical (unpaired) electrons. The van der Waals surface area contributed by atoms with Gasteiger partial charge < -0.3 is 9.47 Å². The monoisotopic (exact) mass is 402 g/mol. The Labute approximate surface area is 174 Å². The average molecular weight is 403 g/mol. The maximum atomic E-state index is 6.12. The zero-order valence-electron chi connectivity index (χ0n) is 16.7. The quantitative estimate of drug-likeness (QED) is 0.558. The molecule has 0 amide bonds. The Morgan fingerprint density at radius 1 is 0.821 bits per heavy atom. The molecule has 3 rings (SSSR count). The van der Waals surface area contributed by atoms with E-state index in [9.17, 15) is 0 Å². The maximum Gasteiger partial charge on any atom is 0.0701 e. The van der Waals surface area contributed by atoms with E-state index in [0.717, 1.165) is 51.0 Å². The van der Waals surface area contributed by atoms with Crippen LogP contribution in [0, 0.1) is 0 Å². The third-order valence-electron chi connectivity index (χ3n) is 5.20. The van der Waals surface area contributed by atoms with Crippen molar-refractivity contribution in [2.75, 3.05) is 59.2 Å². The van der Waals surface area contributed by atoms with Crippen LogP contribution in [0.1, 0.15) is 24.1 Å². The van der Waals surface area contributed by atoms with Crippen molar-refractivity contribution < 1.29 is 9.47 Å². The first-order valence-electron chi connectivity index (χ1n) is 10.2. The summed E-state index contributed by atoms with van der Waals surface area (Å²) in [7, 11) is 0. The highest BCUT2D eigenvalue weighted by molar-refractivity contribution is 6.30. The van der Waals surface area contributed by atoms with Gasteiger partial charge in [-0.1, -0.05) is 54.1 Å². The van der Waals surface area contributed by atoms with E-state index in [4.69, 9.17) is 21.1 Å². The van der Waals surface area contributed by atoms with E-state index in [1.165, 1.54) is 11.1 Å². The molecule has 0 aromatic heterocycles. The van der Waals surface area contributed by atoms with Crippen LogP contribution in [-0.4, -0.2) is 69.0 Å². The molecule has 1 saturated heterocycles. The summed E-state index contributed by atoms with van der Waals surface area (Å²) in [6, 6.07) is 19.3. The van der Waals surface area contributed by atoms with Crippen LogP contribution >= 0.6 is 11.6 Å². The second-order valence-electron chi connectivity index (χ2n) is 7.05. The number of halogens is 1. The van der Waals surface area contributed by atoms with E-state index in [0.29, 0.717) is 13.2 Å². The second-order valence-corrected chi connectivity index (χ2v) is 7.49. The van der Waals surface area contributed by atoms with Crippen LogP contribution < -0.4 is 0 Å². The molecule has 1 heterocycles. The molecule has 1 fully saturated rings. The Morgan fingerprint density at radius 3 is 2.14 bits per heavy atom. The van der Waals surface area contributed by atoms with E-state index in [2.05, 4.69) is 52.3 Å². The number of rotatable bonds is 10. The van der Waals surface area contributed by atoms with Gasteiger partial charge in [0.1, 0.15) is 0 Å². The van der Waals surface area contributed by atoms with Crippen LogP contribution in [0.2, 0.25) is 5.02 Å². The largest absolute Gasteiger partial charge is 0.379 e. The zero-order valence-corrected chi connectivity index (χ0v) is 17.5. The van der Waals surface area contributed by atoms with Gasteiger partial charge in [0.2, 0.25) is 0 Å². The standard InChI is InChI=1S/C23H31ClN2O2/c1-2-27-18-19-28-17-16-25-12-14-26(15-13-25)23(20-6-4-3-5-7-20)21-8-10-22(24)11-9-21/h3-11,23H,2,12-19H2,1H3. The van der Waals surface area contributed by atoms with Crippen LogP contribution in [0.15, 0.2) is 54.6 Å². The number of nitrogens with zero attached hydrogens (tertiary/aromatic N) is 2. The Bertz CT molecular complexity index is 673. The summed E-state index contributed by atoms with van der Waals surface area (Å²) >= 11 is 6.12. The van der Waals surface area contributed by atoms with Crippen LogP contribution in [-0.2, 0) is 9.47 Å². The van der Waals surface area contributed by atoms with Crippen molar-refractivity contribution in [1.82, 2.24) is 9.80 Å². The molecule has 1 aliphatic heterocycles. The molecule has 1 unspecified atom stereocenters. The molecule has 0 saturated carbocycles. The third-order valence-corrected chi connectivity index (χ3v) is 5.45. The Hall–Kier alpha value is -1.43. The molecule has 1 aliphatic rings. The highest BCUT2D eigenvalue weighted by atomic mass is 35.5. The molecule has 152 valence electrons. The first kappa shape index (κ1) is 21.3. The molecule has 0 spiro atoms. The van der Waals surface area contributed by atoms with Crippen molar-refractivity contribution in [1.29, 1.82) is 0 Å². The Kier molecular flexibility index (Phi) is 8.77. The second kappa shape index (κ2) is 11.5. The minimum atomic E-state index is 0.267. The molecule has 1 atom stereocenters. The Morgan fingerprint density at radius 2 is 1.46 bits per heavy atom. The van der Waals surface area contributed by atoms with E-state index < -0.39 is 0 Å². The number of hydrogen-bond acceptors (Lipinski definition) is 4. The van der Waals surface area contributed by atoms with Gasteiger partial charge in [0.25, 0.3) is 0 Å². The number of ether oxygens (including phenoxy) is 2. The van der Waals surface area contributed by atoms with E-state index in [-0.39, 0.29) is 6.04 Å². The predicted octanol–water partition coefficient (Wildman–Crippen LogP) is 4.10. The minimum Gasteiger partial charge on any atom is -0.379 e. The molecule has 0 aliphatic carbocycles. The first-order chi connectivity index (χ1) is 13.8. The van der Waals surface area contributed by atoms with Crippen molar-refractivity contribution in [3.05, 3.63) is 70.7 Å². The highest BCUT2D eigenvalue weighted by Gasteiger charge is 2.26. The molecular weight excluding hydrogens is 372 g/mol. The first-order valence-corrected chi connectivity index (χ1v) is 10.6. The molecule has 2 aromatic rings. The third kappa shape index (κ3) is 6.29. The van der Waals surface area contributed by atoms with Crippen molar-refractivity contribution in [2.24, 2.45) is 0 Å². The van der Waals surface area contributed by atoms with E-state index >= 15 is 0 Å². The molecule has 2 aromatic carbocycles. The molecule has 0 N–H and O–H groups in total. The zero-order chi connectivity index (χ0) is 19.6. The lowest BCUT2D eigenvalue weighted by atomic mass is 9.96. The highest BCUT2D eigenvalue weighted by Crippen LogP contribution is 2.30. The summed E-state index contributed by atoms with van der Waals surface area (Å²) in [6.07, 6.45) is 0. The van der Waals surface area contributed by atoms with Crippen LogP contribution in [0.5, 0.6) is 0 Å². The number of hydrogen-bond donors (Lipinski definition) is 0. The fraction of sp³-hybridized carbons (Fsp3) is 0.478. The van der Waals surface area contributed by atoms with Crippen LogP contribution in [0.4, 0.5) is 0 Å². The lowest BCUT2D eigenvalue weighted by Gasteiger charge is -2.39. The molecular formula is C23H31ClN2O2. The average Bonchev–Trinajstić information content (AvgIpc) is 2.74. The molecule has 4 nitrogen and oxygen atoms in total. The summed E-state index contributed by atoms with van der Waals surface area (Å²) in [5.74, 6) is 0. The summed E-state index contributed by atoms with van der Waals surface area (Å²) in [6.45, 7) is 10.1. The molecule has 28 heavy (non-hydrogen) atoms. The van der Waals surface area contributed by atoms with Gasteiger partial charge in [0.15, 0.2) is 0 Å². The van der Waals surface area contributed by atoms with E-state index in [1.54, 1.807) is 0 Å². The van der Waals surface area contributed by atoms with Gasteiger partial charge >= 0.3 is 0 Å². The maximum absolute atomic E-state index is 6.12. The van der Waals surface area contributed by atoms with E-state index in [1.807, 2.05) is 19.1 Å². The van der Waals surface area contributed by atoms with Crippen molar-refractivity contribution in [3.8, 4) is 0 Å². The topological polar surface area (TPSA) is 24.9 Å². The van der Waals surface area contributed by atoms with Crippen LogP contribution in [0.25, 0.3) is 0 Å². The normalized spacial score (nSPS) is 16.9. The van der Waals surface area contributed by atoms with Gasteiger partial charge in [-0.25, -0.2) is 0 Å². The summed E-state index contributed by atoms with van der Waals surface area (Å²) in [5, 5.41) is 0.782. The fourth-order valence-electron chi connectivity index (χ4n) is 3.70. The van der Waals surface area contributed by atoms with Crippen molar-refractivity contribution in [3.63, 3.8) is 0 Å². The van der Waals surface area contributed by atoms with Gasteiger partial charge in [0.05, 0.1) is 25.9 Å². The molecule has 5 heteroatoms. The fourth-order valence-corrected chi connectivity index (χ4v) is 3.82. The van der Waals surface area contributed by atoms with Gasteiger partial charge in [-0.3, -0.25) is 9.80 Å².